The fourth-order valence-corrected chi connectivity index (χ4v) is 2.73. The van der Waals surface area contributed by atoms with E-state index in [2.05, 4.69) is 15.3 Å². The number of anilines is 1. The van der Waals surface area contributed by atoms with Gasteiger partial charge in [0.2, 0.25) is 5.91 Å². The van der Waals surface area contributed by atoms with Crippen LogP contribution in [0.3, 0.4) is 0 Å². The molecule has 0 saturated carbocycles. The highest BCUT2D eigenvalue weighted by atomic mass is 16.2. The molecule has 1 aromatic heterocycles. The van der Waals surface area contributed by atoms with E-state index in [1.165, 1.54) is 12.4 Å². The van der Waals surface area contributed by atoms with Crippen LogP contribution in [0.4, 0.5) is 5.82 Å². The average Bonchev–Trinajstić information content (AvgIpc) is 3.14. The number of likely N-dealkylation sites (tertiary alicyclic amines) is 1. The topological polar surface area (TPSA) is 101 Å². The van der Waals surface area contributed by atoms with Crippen molar-refractivity contribution in [1.82, 2.24) is 14.9 Å². The Morgan fingerprint density at radius 2 is 1.83 bits per heavy atom. The first-order chi connectivity index (χ1) is 11.6. The SMILES string of the molecule is NC(=O)[C@@H](Nc1cncc(C(=O)N2CCCC2)n1)c1ccccc1. The number of nitrogens with two attached hydrogens (primary N) is 1. The van der Waals surface area contributed by atoms with Crippen molar-refractivity contribution in [2.45, 2.75) is 18.9 Å². The second-order valence-electron chi connectivity index (χ2n) is 5.68. The maximum atomic E-state index is 12.4. The van der Waals surface area contributed by atoms with E-state index in [0.717, 1.165) is 31.5 Å². The van der Waals surface area contributed by atoms with Gasteiger partial charge in [-0.1, -0.05) is 30.3 Å². The number of hydrogen-bond donors (Lipinski definition) is 2. The number of amides is 2. The van der Waals surface area contributed by atoms with Crippen molar-refractivity contribution in [3.05, 3.63) is 54.0 Å². The van der Waals surface area contributed by atoms with Crippen molar-refractivity contribution in [3.8, 4) is 0 Å². The van der Waals surface area contributed by atoms with Crippen molar-refractivity contribution in [2.75, 3.05) is 18.4 Å². The molecule has 1 aliphatic rings. The molecule has 2 amide bonds. The van der Waals surface area contributed by atoms with E-state index in [1.807, 2.05) is 18.2 Å². The second-order valence-corrected chi connectivity index (χ2v) is 5.68. The summed E-state index contributed by atoms with van der Waals surface area (Å²) in [7, 11) is 0. The third-order valence-corrected chi connectivity index (χ3v) is 3.96. The summed E-state index contributed by atoms with van der Waals surface area (Å²) in [6.07, 6.45) is 4.93. The molecule has 7 heteroatoms. The van der Waals surface area contributed by atoms with Crippen LogP contribution < -0.4 is 11.1 Å². The van der Waals surface area contributed by atoms with Gasteiger partial charge in [-0.25, -0.2) is 4.98 Å². The highest BCUT2D eigenvalue weighted by molar-refractivity contribution is 5.92. The molecule has 3 rings (SSSR count). The minimum atomic E-state index is -0.738. The van der Waals surface area contributed by atoms with Gasteiger partial charge in [0.15, 0.2) is 0 Å². The molecule has 2 heterocycles. The molecule has 24 heavy (non-hydrogen) atoms. The number of nitrogens with one attached hydrogen (secondary N) is 1. The molecule has 7 nitrogen and oxygen atoms in total. The Labute approximate surface area is 139 Å². The molecule has 3 N–H and O–H groups in total. The first-order valence-corrected chi connectivity index (χ1v) is 7.87. The molecule has 1 aliphatic heterocycles. The van der Waals surface area contributed by atoms with Crippen molar-refractivity contribution < 1.29 is 9.59 Å². The molecule has 0 aliphatic carbocycles. The van der Waals surface area contributed by atoms with Gasteiger partial charge >= 0.3 is 0 Å². The van der Waals surface area contributed by atoms with Crippen LogP contribution in [0.1, 0.15) is 34.9 Å². The van der Waals surface area contributed by atoms with Gasteiger partial charge in [-0.05, 0) is 18.4 Å². The number of aromatic nitrogens is 2. The van der Waals surface area contributed by atoms with E-state index in [4.69, 9.17) is 5.73 Å². The lowest BCUT2D eigenvalue weighted by atomic mass is 10.1. The van der Waals surface area contributed by atoms with Crippen LogP contribution >= 0.6 is 0 Å². The standard InChI is InChI=1S/C17H19N5O2/c18-16(23)15(12-6-2-1-3-7-12)21-14-11-19-10-13(20-14)17(24)22-8-4-5-9-22/h1-3,6-7,10-11,15H,4-5,8-9H2,(H2,18,23)(H,20,21)/t15-/m0/s1. The van der Waals surface area contributed by atoms with Gasteiger partial charge in [-0.3, -0.25) is 14.6 Å². The Hall–Kier alpha value is -2.96. The molecule has 2 aromatic rings. The zero-order valence-corrected chi connectivity index (χ0v) is 13.2. The van der Waals surface area contributed by atoms with Gasteiger partial charge in [0.1, 0.15) is 17.6 Å². The third-order valence-electron chi connectivity index (χ3n) is 3.96. The average molecular weight is 325 g/mol. The normalized spacial score (nSPS) is 15.1. The van der Waals surface area contributed by atoms with Gasteiger partial charge in [0.25, 0.3) is 5.91 Å². The number of nitrogens with zero attached hydrogens (tertiary/aromatic N) is 3. The lowest BCUT2D eigenvalue weighted by molar-refractivity contribution is -0.118. The number of carbonyl (C=O) groups excluding carboxylic acids is 2. The predicted molar refractivity (Wildman–Crippen MR) is 89.2 cm³/mol. The Bertz CT molecular complexity index is 729. The third kappa shape index (κ3) is 3.51. The van der Waals surface area contributed by atoms with Crippen LogP contribution in [-0.4, -0.2) is 39.8 Å². The van der Waals surface area contributed by atoms with Crippen molar-refractivity contribution in [1.29, 1.82) is 0 Å². The largest absolute Gasteiger partial charge is 0.368 e. The van der Waals surface area contributed by atoms with Crippen molar-refractivity contribution >= 4 is 17.6 Å². The summed E-state index contributed by atoms with van der Waals surface area (Å²) in [5.74, 6) is -0.328. The minimum Gasteiger partial charge on any atom is -0.368 e. The molecule has 0 radical (unpaired) electrons. The maximum Gasteiger partial charge on any atom is 0.274 e. The molecule has 0 unspecified atom stereocenters. The molecule has 124 valence electrons. The lowest BCUT2D eigenvalue weighted by Gasteiger charge is -2.18. The van der Waals surface area contributed by atoms with E-state index in [9.17, 15) is 9.59 Å². The minimum absolute atomic E-state index is 0.140. The van der Waals surface area contributed by atoms with Crippen LogP contribution in [0.25, 0.3) is 0 Å². The highest BCUT2D eigenvalue weighted by Gasteiger charge is 2.22. The van der Waals surface area contributed by atoms with Crippen LogP contribution in [0, 0.1) is 0 Å². The molecule has 0 bridgehead atoms. The number of carbonyl (C=O) groups is 2. The summed E-state index contributed by atoms with van der Waals surface area (Å²) >= 11 is 0. The van der Waals surface area contributed by atoms with E-state index in [0.29, 0.717) is 5.82 Å². The van der Waals surface area contributed by atoms with E-state index < -0.39 is 11.9 Å². The van der Waals surface area contributed by atoms with Crippen LogP contribution in [0.2, 0.25) is 0 Å². The van der Waals surface area contributed by atoms with Gasteiger partial charge in [-0.15, -0.1) is 0 Å². The Morgan fingerprint density at radius 1 is 1.12 bits per heavy atom. The highest BCUT2D eigenvalue weighted by Crippen LogP contribution is 2.18. The Kier molecular flexibility index (Phi) is 4.69. The number of primary amides is 1. The van der Waals surface area contributed by atoms with Gasteiger partial charge < -0.3 is 16.0 Å². The summed E-state index contributed by atoms with van der Waals surface area (Å²) in [5.41, 5.74) is 6.48. The van der Waals surface area contributed by atoms with Gasteiger partial charge in [0, 0.05) is 13.1 Å². The van der Waals surface area contributed by atoms with Crippen molar-refractivity contribution in [3.63, 3.8) is 0 Å². The first kappa shape index (κ1) is 15.9. The van der Waals surface area contributed by atoms with E-state index >= 15 is 0 Å². The predicted octanol–water partition coefficient (Wildman–Crippen LogP) is 1.35. The summed E-state index contributed by atoms with van der Waals surface area (Å²) in [6.45, 7) is 1.48. The zero-order valence-electron chi connectivity index (χ0n) is 13.2. The van der Waals surface area contributed by atoms with E-state index in [-0.39, 0.29) is 11.6 Å². The Balaban J connectivity index is 1.80. The first-order valence-electron chi connectivity index (χ1n) is 7.87. The molecular formula is C17H19N5O2. The lowest BCUT2D eigenvalue weighted by Crippen LogP contribution is -2.30. The van der Waals surface area contributed by atoms with Gasteiger partial charge in [-0.2, -0.15) is 0 Å². The molecule has 1 saturated heterocycles. The van der Waals surface area contributed by atoms with Gasteiger partial charge in [0.05, 0.1) is 12.4 Å². The summed E-state index contributed by atoms with van der Waals surface area (Å²) in [6, 6.07) is 8.37. The summed E-state index contributed by atoms with van der Waals surface area (Å²) in [4.78, 5) is 34.3. The Morgan fingerprint density at radius 3 is 2.50 bits per heavy atom. The van der Waals surface area contributed by atoms with E-state index in [1.54, 1.807) is 17.0 Å². The number of benzene rings is 1. The maximum absolute atomic E-state index is 12.4. The zero-order chi connectivity index (χ0) is 16.9. The summed E-state index contributed by atoms with van der Waals surface area (Å²) < 4.78 is 0. The van der Waals surface area contributed by atoms with Crippen molar-refractivity contribution in [2.24, 2.45) is 5.73 Å². The quantitative estimate of drug-likeness (QED) is 0.864. The summed E-state index contributed by atoms with van der Waals surface area (Å²) in [5, 5.41) is 2.96. The number of rotatable bonds is 5. The molecule has 0 spiro atoms. The van der Waals surface area contributed by atoms with Crippen LogP contribution in [-0.2, 0) is 4.79 Å². The smallest absolute Gasteiger partial charge is 0.274 e. The van der Waals surface area contributed by atoms with Crippen LogP contribution in [0.5, 0.6) is 0 Å². The van der Waals surface area contributed by atoms with Crippen LogP contribution in [0.15, 0.2) is 42.7 Å². The fourth-order valence-electron chi connectivity index (χ4n) is 2.73. The fraction of sp³-hybridized carbons (Fsp3) is 0.294. The monoisotopic (exact) mass is 325 g/mol. The second kappa shape index (κ2) is 7.08. The molecular weight excluding hydrogens is 306 g/mol. The molecule has 1 aromatic carbocycles. The molecule has 1 atom stereocenters. The number of hydrogen-bond acceptors (Lipinski definition) is 5. The molecule has 1 fully saturated rings.